The smallest absolute Gasteiger partial charge is 0.199 e. The van der Waals surface area contributed by atoms with Crippen molar-refractivity contribution in [3.05, 3.63) is 52.8 Å². The van der Waals surface area contributed by atoms with Crippen LogP contribution in [-0.4, -0.2) is 21.1 Å². The number of hydrogen-bond acceptors (Lipinski definition) is 4. The number of rotatable bonds is 2. The minimum absolute atomic E-state index is 0.00977. The molecular formula is C14H11FO4. The molecule has 0 aromatic heterocycles. The maximum Gasteiger partial charge on any atom is 0.199 e. The van der Waals surface area contributed by atoms with E-state index in [0.29, 0.717) is 5.56 Å². The molecule has 0 heterocycles. The monoisotopic (exact) mass is 262 g/mol. The third-order valence-corrected chi connectivity index (χ3v) is 2.74. The van der Waals surface area contributed by atoms with E-state index in [4.69, 9.17) is 5.11 Å². The molecule has 3 N–H and O–H groups in total. The first-order valence-electron chi connectivity index (χ1n) is 5.46. The number of aryl methyl sites for hydroxylation is 1. The molecule has 2 aromatic rings. The lowest BCUT2D eigenvalue weighted by Crippen LogP contribution is -2.06. The van der Waals surface area contributed by atoms with Crippen molar-refractivity contribution in [2.75, 3.05) is 0 Å². The predicted octanol–water partition coefficient (Wildman–Crippen LogP) is 2.48. The Balaban J connectivity index is 2.56. The van der Waals surface area contributed by atoms with Crippen LogP contribution in [0.5, 0.6) is 17.2 Å². The molecule has 0 unspecified atom stereocenters. The second-order valence-corrected chi connectivity index (χ2v) is 4.15. The molecule has 0 aliphatic rings. The van der Waals surface area contributed by atoms with Gasteiger partial charge in [0, 0.05) is 17.7 Å². The van der Waals surface area contributed by atoms with Crippen molar-refractivity contribution in [2.45, 2.75) is 6.92 Å². The Morgan fingerprint density at radius 2 is 1.74 bits per heavy atom. The van der Waals surface area contributed by atoms with Gasteiger partial charge in [-0.05, 0) is 30.7 Å². The summed E-state index contributed by atoms with van der Waals surface area (Å²) >= 11 is 0. The van der Waals surface area contributed by atoms with Gasteiger partial charge in [-0.25, -0.2) is 4.39 Å². The molecule has 0 fully saturated rings. The van der Waals surface area contributed by atoms with Crippen molar-refractivity contribution in [1.29, 1.82) is 0 Å². The topological polar surface area (TPSA) is 77.8 Å². The molecule has 0 aliphatic heterocycles. The minimum atomic E-state index is -1.00. The van der Waals surface area contributed by atoms with Gasteiger partial charge in [0.05, 0.1) is 0 Å². The van der Waals surface area contributed by atoms with Crippen molar-refractivity contribution in [1.82, 2.24) is 0 Å². The quantitative estimate of drug-likeness (QED) is 0.726. The highest BCUT2D eigenvalue weighted by Crippen LogP contribution is 2.29. The molecule has 98 valence electrons. The third-order valence-electron chi connectivity index (χ3n) is 2.74. The molecule has 5 heteroatoms. The number of carbonyl (C=O) groups is 1. The maximum absolute atomic E-state index is 13.7. The van der Waals surface area contributed by atoms with Gasteiger partial charge in [0.25, 0.3) is 0 Å². The highest BCUT2D eigenvalue weighted by Gasteiger charge is 2.21. The zero-order chi connectivity index (χ0) is 14.2. The Hall–Kier alpha value is -2.56. The van der Waals surface area contributed by atoms with Gasteiger partial charge in [0.1, 0.15) is 28.6 Å². The summed E-state index contributed by atoms with van der Waals surface area (Å²) in [6.45, 7) is 1.59. The SMILES string of the molecule is Cc1cc(O)ccc1C(=O)c1c(O)cc(O)cc1F. The summed E-state index contributed by atoms with van der Waals surface area (Å²) < 4.78 is 13.7. The highest BCUT2D eigenvalue weighted by molar-refractivity contribution is 6.11. The summed E-state index contributed by atoms with van der Waals surface area (Å²) in [5.74, 6) is -2.82. The lowest BCUT2D eigenvalue weighted by Gasteiger charge is -2.08. The second-order valence-electron chi connectivity index (χ2n) is 4.15. The van der Waals surface area contributed by atoms with Crippen LogP contribution in [0.25, 0.3) is 0 Å². The van der Waals surface area contributed by atoms with Gasteiger partial charge in [-0.1, -0.05) is 0 Å². The maximum atomic E-state index is 13.7. The Labute approximate surface area is 108 Å². The van der Waals surface area contributed by atoms with Gasteiger partial charge in [-0.3, -0.25) is 4.79 Å². The van der Waals surface area contributed by atoms with E-state index in [9.17, 15) is 19.4 Å². The highest BCUT2D eigenvalue weighted by atomic mass is 19.1. The number of ketones is 1. The van der Waals surface area contributed by atoms with E-state index >= 15 is 0 Å². The molecule has 2 rings (SSSR count). The molecule has 0 bridgehead atoms. The average Bonchev–Trinajstić information content (AvgIpc) is 2.26. The van der Waals surface area contributed by atoms with Crippen LogP contribution in [0.1, 0.15) is 21.5 Å². The molecule has 0 spiro atoms. The van der Waals surface area contributed by atoms with Crippen LogP contribution in [0, 0.1) is 12.7 Å². The third kappa shape index (κ3) is 2.35. The van der Waals surface area contributed by atoms with E-state index in [0.717, 1.165) is 12.1 Å². The van der Waals surface area contributed by atoms with Crippen molar-refractivity contribution in [3.63, 3.8) is 0 Å². The van der Waals surface area contributed by atoms with E-state index in [1.807, 2.05) is 0 Å². The number of hydrogen-bond donors (Lipinski definition) is 3. The number of phenols is 3. The normalized spacial score (nSPS) is 10.4. The van der Waals surface area contributed by atoms with Crippen LogP contribution in [-0.2, 0) is 0 Å². The largest absolute Gasteiger partial charge is 0.508 e. The Morgan fingerprint density at radius 3 is 2.32 bits per heavy atom. The summed E-state index contributed by atoms with van der Waals surface area (Å²) in [5, 5.41) is 28.0. The number of phenolic OH excluding ortho intramolecular Hbond substituents is 3. The Morgan fingerprint density at radius 1 is 1.05 bits per heavy atom. The van der Waals surface area contributed by atoms with E-state index in [2.05, 4.69) is 0 Å². The van der Waals surface area contributed by atoms with Crippen LogP contribution in [0.15, 0.2) is 30.3 Å². The van der Waals surface area contributed by atoms with Crippen LogP contribution >= 0.6 is 0 Å². The van der Waals surface area contributed by atoms with Gasteiger partial charge in [0.2, 0.25) is 0 Å². The number of benzene rings is 2. The Kier molecular flexibility index (Phi) is 3.12. The van der Waals surface area contributed by atoms with Gasteiger partial charge >= 0.3 is 0 Å². The molecule has 0 amide bonds. The standard InChI is InChI=1S/C14H11FO4/c1-7-4-8(16)2-3-10(7)14(19)13-11(15)5-9(17)6-12(13)18/h2-6,16-18H,1H3. The molecule has 19 heavy (non-hydrogen) atoms. The Bertz CT molecular complexity index is 641. The zero-order valence-electron chi connectivity index (χ0n) is 10.0. The fourth-order valence-corrected chi connectivity index (χ4v) is 1.84. The molecule has 0 aliphatic carbocycles. The van der Waals surface area contributed by atoms with Gasteiger partial charge in [-0.2, -0.15) is 0 Å². The number of aromatic hydroxyl groups is 3. The second kappa shape index (κ2) is 4.61. The van der Waals surface area contributed by atoms with E-state index < -0.39 is 28.7 Å². The van der Waals surface area contributed by atoms with E-state index in [-0.39, 0.29) is 11.3 Å². The van der Waals surface area contributed by atoms with Crippen molar-refractivity contribution < 1.29 is 24.5 Å². The van der Waals surface area contributed by atoms with E-state index in [1.165, 1.54) is 18.2 Å². The first kappa shape index (κ1) is 12.9. The van der Waals surface area contributed by atoms with Crippen LogP contribution in [0.4, 0.5) is 4.39 Å². The summed E-state index contributed by atoms with van der Waals surface area (Å²) in [7, 11) is 0. The van der Waals surface area contributed by atoms with Gasteiger partial charge in [0.15, 0.2) is 5.78 Å². The van der Waals surface area contributed by atoms with Crippen molar-refractivity contribution in [2.24, 2.45) is 0 Å². The van der Waals surface area contributed by atoms with Crippen molar-refractivity contribution in [3.8, 4) is 17.2 Å². The number of halogens is 1. The van der Waals surface area contributed by atoms with Crippen molar-refractivity contribution >= 4 is 5.78 Å². The molecular weight excluding hydrogens is 251 g/mol. The fourth-order valence-electron chi connectivity index (χ4n) is 1.84. The molecule has 0 saturated heterocycles. The van der Waals surface area contributed by atoms with Gasteiger partial charge < -0.3 is 15.3 Å². The molecule has 4 nitrogen and oxygen atoms in total. The first-order valence-corrected chi connectivity index (χ1v) is 5.46. The summed E-state index contributed by atoms with van der Waals surface area (Å²) in [4.78, 5) is 12.2. The van der Waals surface area contributed by atoms with Crippen LogP contribution in [0.2, 0.25) is 0 Å². The van der Waals surface area contributed by atoms with E-state index in [1.54, 1.807) is 6.92 Å². The lowest BCUT2D eigenvalue weighted by atomic mass is 9.97. The molecule has 2 aromatic carbocycles. The molecule has 0 saturated carbocycles. The average molecular weight is 262 g/mol. The molecule has 0 radical (unpaired) electrons. The minimum Gasteiger partial charge on any atom is -0.508 e. The van der Waals surface area contributed by atoms with Gasteiger partial charge in [-0.15, -0.1) is 0 Å². The lowest BCUT2D eigenvalue weighted by molar-refractivity contribution is 0.103. The predicted molar refractivity (Wildman–Crippen MR) is 66.0 cm³/mol. The van der Waals surface area contributed by atoms with Crippen LogP contribution in [0.3, 0.4) is 0 Å². The summed E-state index contributed by atoms with van der Waals surface area (Å²) in [5.41, 5.74) is 0.112. The summed E-state index contributed by atoms with van der Waals surface area (Å²) in [6.07, 6.45) is 0. The molecule has 0 atom stereocenters. The summed E-state index contributed by atoms with van der Waals surface area (Å²) in [6, 6.07) is 5.66. The fraction of sp³-hybridized carbons (Fsp3) is 0.0714. The number of carbonyl (C=O) groups excluding carboxylic acids is 1. The zero-order valence-corrected chi connectivity index (χ0v) is 10.0. The van der Waals surface area contributed by atoms with Crippen LogP contribution < -0.4 is 0 Å². The first-order chi connectivity index (χ1) is 8.90.